The minimum Gasteiger partial charge on any atom is -0.340 e. The van der Waals surface area contributed by atoms with Crippen LogP contribution in [0.3, 0.4) is 0 Å². The van der Waals surface area contributed by atoms with Crippen LogP contribution < -0.4 is 5.32 Å². The number of likely N-dealkylation sites (tertiary alicyclic amines) is 1. The van der Waals surface area contributed by atoms with Crippen molar-refractivity contribution in [3.8, 4) is 0 Å². The zero-order valence-corrected chi connectivity index (χ0v) is 13.4. The molecule has 0 saturated carbocycles. The highest BCUT2D eigenvalue weighted by atomic mass is 79.9. The van der Waals surface area contributed by atoms with Gasteiger partial charge >= 0.3 is 0 Å². The van der Waals surface area contributed by atoms with Crippen LogP contribution in [0.5, 0.6) is 0 Å². The Hall–Kier alpha value is -0.810. The van der Waals surface area contributed by atoms with E-state index in [0.29, 0.717) is 12.1 Å². The van der Waals surface area contributed by atoms with Gasteiger partial charge in [0.05, 0.1) is 0 Å². The first-order valence-corrected chi connectivity index (χ1v) is 7.66. The van der Waals surface area contributed by atoms with Crippen LogP contribution >= 0.6 is 15.9 Å². The maximum atomic E-state index is 12.6. The molecule has 1 aliphatic rings. The van der Waals surface area contributed by atoms with Crippen molar-refractivity contribution in [3.05, 3.63) is 22.4 Å². The maximum absolute atomic E-state index is 12.6. The number of amides is 1. The molecule has 2 heterocycles. The lowest BCUT2D eigenvalue weighted by atomic mass is 10.1. The Morgan fingerprint density at radius 2 is 2.05 bits per heavy atom. The Bertz CT molecular complexity index is 448. The van der Waals surface area contributed by atoms with E-state index in [1.807, 2.05) is 28.8 Å². The third-order valence-electron chi connectivity index (χ3n) is 3.78. The van der Waals surface area contributed by atoms with E-state index in [-0.39, 0.29) is 5.91 Å². The van der Waals surface area contributed by atoms with Gasteiger partial charge in [-0.25, -0.2) is 0 Å². The van der Waals surface area contributed by atoms with E-state index >= 15 is 0 Å². The fourth-order valence-corrected chi connectivity index (χ4v) is 3.01. The number of nitrogens with zero attached hydrogens (tertiary/aromatic N) is 2. The average Bonchev–Trinajstić information content (AvgIpc) is 2.80. The Kier molecular flexibility index (Phi) is 4.68. The summed E-state index contributed by atoms with van der Waals surface area (Å²) >= 11 is 3.46. The molecule has 0 atom stereocenters. The molecule has 2 rings (SSSR count). The van der Waals surface area contributed by atoms with Crippen molar-refractivity contribution in [2.24, 2.45) is 0 Å². The van der Waals surface area contributed by atoms with E-state index in [0.717, 1.165) is 36.1 Å². The number of aromatic nitrogens is 1. The lowest BCUT2D eigenvalue weighted by molar-refractivity contribution is 0.0695. The number of hydrogen-bond acceptors (Lipinski definition) is 2. The summed E-state index contributed by atoms with van der Waals surface area (Å²) in [6.45, 7) is 5.86. The molecular formula is C14H22BrN3O. The first-order valence-electron chi connectivity index (χ1n) is 6.87. The summed E-state index contributed by atoms with van der Waals surface area (Å²) < 4.78 is 3.01. The Labute approximate surface area is 123 Å². The highest BCUT2D eigenvalue weighted by Gasteiger charge is 2.25. The molecule has 1 amide bonds. The van der Waals surface area contributed by atoms with Crippen molar-refractivity contribution >= 4 is 21.8 Å². The highest BCUT2D eigenvalue weighted by molar-refractivity contribution is 9.10. The van der Waals surface area contributed by atoms with Crippen LogP contribution in [-0.2, 0) is 0 Å². The molecular weight excluding hydrogens is 306 g/mol. The summed E-state index contributed by atoms with van der Waals surface area (Å²) in [7, 11) is 1.99. The lowest BCUT2D eigenvalue weighted by Crippen LogP contribution is -2.44. The van der Waals surface area contributed by atoms with E-state index in [1.54, 1.807) is 0 Å². The molecule has 1 N–H and O–H groups in total. The number of hydrogen-bond donors (Lipinski definition) is 1. The van der Waals surface area contributed by atoms with Gasteiger partial charge in [0, 0.05) is 35.8 Å². The van der Waals surface area contributed by atoms with Gasteiger partial charge in [-0.05, 0) is 55.7 Å². The molecule has 0 aliphatic carbocycles. The second-order valence-corrected chi connectivity index (χ2v) is 6.32. The molecule has 19 heavy (non-hydrogen) atoms. The van der Waals surface area contributed by atoms with E-state index in [4.69, 9.17) is 0 Å². The number of nitrogens with one attached hydrogen (secondary N) is 1. The number of carbonyl (C=O) groups is 1. The van der Waals surface area contributed by atoms with Crippen molar-refractivity contribution in [2.75, 3.05) is 20.1 Å². The number of piperidine rings is 1. The lowest BCUT2D eigenvalue weighted by Gasteiger charge is -2.32. The average molecular weight is 328 g/mol. The molecule has 4 nitrogen and oxygen atoms in total. The van der Waals surface area contributed by atoms with Crippen molar-refractivity contribution in [1.29, 1.82) is 0 Å². The van der Waals surface area contributed by atoms with E-state index in [1.165, 1.54) is 0 Å². The van der Waals surface area contributed by atoms with E-state index in [9.17, 15) is 4.79 Å². The molecule has 1 aromatic heterocycles. The molecule has 1 aromatic rings. The van der Waals surface area contributed by atoms with Crippen LogP contribution in [0.2, 0.25) is 0 Å². The Morgan fingerprint density at radius 3 is 2.58 bits per heavy atom. The molecule has 1 aliphatic heterocycles. The molecule has 0 radical (unpaired) electrons. The fraction of sp³-hybridized carbons (Fsp3) is 0.643. The predicted molar refractivity (Wildman–Crippen MR) is 80.5 cm³/mol. The quantitative estimate of drug-likeness (QED) is 0.926. The van der Waals surface area contributed by atoms with Crippen LogP contribution in [0.1, 0.15) is 43.2 Å². The van der Waals surface area contributed by atoms with Gasteiger partial charge in [-0.3, -0.25) is 4.79 Å². The van der Waals surface area contributed by atoms with Gasteiger partial charge in [0.1, 0.15) is 5.69 Å². The van der Waals surface area contributed by atoms with Gasteiger partial charge in [0.2, 0.25) is 0 Å². The van der Waals surface area contributed by atoms with Gasteiger partial charge in [-0.1, -0.05) is 0 Å². The molecule has 106 valence electrons. The number of halogens is 1. The van der Waals surface area contributed by atoms with Crippen molar-refractivity contribution in [2.45, 2.75) is 38.8 Å². The maximum Gasteiger partial charge on any atom is 0.270 e. The monoisotopic (exact) mass is 327 g/mol. The van der Waals surface area contributed by atoms with Gasteiger partial charge < -0.3 is 14.8 Å². The summed E-state index contributed by atoms with van der Waals surface area (Å²) in [6.07, 6.45) is 4.05. The summed E-state index contributed by atoms with van der Waals surface area (Å²) in [5.41, 5.74) is 0.782. The van der Waals surface area contributed by atoms with E-state index < -0.39 is 0 Å². The topological polar surface area (TPSA) is 37.3 Å². The minimum atomic E-state index is 0.147. The third-order valence-corrected chi connectivity index (χ3v) is 4.21. The molecule has 0 unspecified atom stereocenters. The van der Waals surface area contributed by atoms with Crippen molar-refractivity contribution < 1.29 is 4.79 Å². The molecule has 0 aromatic carbocycles. The standard InChI is InChI=1S/C14H22BrN3O/c1-10(2)18-9-11(15)8-13(18)14(19)17-6-4-12(16-3)5-7-17/h8-10,12,16H,4-7H2,1-3H3. The van der Waals surface area contributed by atoms with Crippen LogP contribution in [0, 0.1) is 0 Å². The SMILES string of the molecule is CNC1CCN(C(=O)c2cc(Br)cn2C(C)C)CC1. The van der Waals surface area contributed by atoms with E-state index in [2.05, 4.69) is 35.1 Å². The molecule has 0 spiro atoms. The first-order chi connectivity index (χ1) is 9.02. The second kappa shape index (κ2) is 6.09. The zero-order valence-electron chi connectivity index (χ0n) is 11.8. The predicted octanol–water partition coefficient (Wildman–Crippen LogP) is 2.66. The fourth-order valence-electron chi connectivity index (χ4n) is 2.58. The largest absolute Gasteiger partial charge is 0.340 e. The van der Waals surface area contributed by atoms with Crippen molar-refractivity contribution in [3.63, 3.8) is 0 Å². The number of rotatable bonds is 3. The van der Waals surface area contributed by atoms with Crippen LogP contribution in [0.25, 0.3) is 0 Å². The van der Waals surface area contributed by atoms with Gasteiger partial charge in [0.15, 0.2) is 0 Å². The molecule has 5 heteroatoms. The molecule has 1 saturated heterocycles. The van der Waals surface area contributed by atoms with Crippen LogP contribution in [-0.4, -0.2) is 41.6 Å². The second-order valence-electron chi connectivity index (χ2n) is 5.40. The summed E-state index contributed by atoms with van der Waals surface area (Å²) in [5.74, 6) is 0.147. The van der Waals surface area contributed by atoms with Gasteiger partial charge in [-0.2, -0.15) is 0 Å². The number of carbonyl (C=O) groups excluding carboxylic acids is 1. The zero-order chi connectivity index (χ0) is 14.0. The smallest absolute Gasteiger partial charge is 0.270 e. The normalized spacial score (nSPS) is 17.2. The molecule has 1 fully saturated rings. The van der Waals surface area contributed by atoms with Crippen LogP contribution in [0.15, 0.2) is 16.7 Å². The highest BCUT2D eigenvalue weighted by Crippen LogP contribution is 2.22. The summed E-state index contributed by atoms with van der Waals surface area (Å²) in [5, 5.41) is 3.29. The Morgan fingerprint density at radius 1 is 1.42 bits per heavy atom. The van der Waals surface area contributed by atoms with Gasteiger partial charge in [0.25, 0.3) is 5.91 Å². The van der Waals surface area contributed by atoms with Crippen molar-refractivity contribution in [1.82, 2.24) is 14.8 Å². The van der Waals surface area contributed by atoms with Gasteiger partial charge in [-0.15, -0.1) is 0 Å². The minimum absolute atomic E-state index is 0.147. The first kappa shape index (κ1) is 14.6. The molecule has 0 bridgehead atoms. The third kappa shape index (κ3) is 3.20. The summed E-state index contributed by atoms with van der Waals surface area (Å²) in [4.78, 5) is 14.6. The Balaban J connectivity index is 2.12. The summed E-state index contributed by atoms with van der Waals surface area (Å²) in [6, 6.07) is 2.76. The van der Waals surface area contributed by atoms with Crippen LogP contribution in [0.4, 0.5) is 0 Å².